The summed E-state index contributed by atoms with van der Waals surface area (Å²) >= 11 is 7.52. The van der Waals surface area contributed by atoms with Gasteiger partial charge in [-0.05, 0) is 12.0 Å². The van der Waals surface area contributed by atoms with Crippen LogP contribution < -0.4 is 0 Å². The summed E-state index contributed by atoms with van der Waals surface area (Å²) in [5.41, 5.74) is 1.31. The molecule has 0 aliphatic heterocycles. The maximum atomic E-state index is 3.76. The molecule has 2 heteroatoms. The average molecular weight is 334 g/mol. The van der Waals surface area contributed by atoms with E-state index in [1.54, 1.807) is 0 Å². The molecule has 0 aliphatic rings. The minimum absolute atomic E-state index is 0.0327. The number of alkyl halides is 2. The summed E-state index contributed by atoms with van der Waals surface area (Å²) in [7, 11) is 0. The van der Waals surface area contributed by atoms with Gasteiger partial charge in [0.1, 0.15) is 3.23 Å². The van der Waals surface area contributed by atoms with Gasteiger partial charge in [-0.15, -0.1) is 0 Å². The van der Waals surface area contributed by atoms with Crippen LogP contribution >= 0.6 is 31.9 Å². The van der Waals surface area contributed by atoms with Crippen LogP contribution in [0.1, 0.15) is 44.6 Å². The Morgan fingerprint density at radius 3 is 2.27 bits per heavy atom. The van der Waals surface area contributed by atoms with E-state index >= 15 is 0 Å². The Morgan fingerprint density at radius 2 is 1.67 bits per heavy atom. The molecule has 0 aromatic heterocycles. The smallest absolute Gasteiger partial charge is 0.0674 e. The first kappa shape index (κ1) is 13.2. The average Bonchev–Trinajstić information content (AvgIpc) is 2.26. The van der Waals surface area contributed by atoms with Crippen molar-refractivity contribution in [2.45, 2.75) is 42.3 Å². The predicted octanol–water partition coefficient (Wildman–Crippen LogP) is 5.60. The Morgan fingerprint density at radius 1 is 1.00 bits per heavy atom. The molecule has 1 aromatic carbocycles. The summed E-state index contributed by atoms with van der Waals surface area (Å²) in [6.45, 7) is 2.24. The van der Waals surface area contributed by atoms with Crippen molar-refractivity contribution in [3.63, 3.8) is 0 Å². The van der Waals surface area contributed by atoms with Crippen LogP contribution in [0.25, 0.3) is 0 Å². The van der Waals surface area contributed by atoms with Crippen LogP contribution in [-0.4, -0.2) is 0 Å². The highest BCUT2D eigenvalue weighted by Gasteiger charge is 2.23. The van der Waals surface area contributed by atoms with Crippen molar-refractivity contribution in [3.8, 4) is 0 Å². The summed E-state index contributed by atoms with van der Waals surface area (Å²) in [4.78, 5) is 0. The van der Waals surface area contributed by atoms with E-state index in [2.05, 4.69) is 69.1 Å². The lowest BCUT2D eigenvalue weighted by Gasteiger charge is -2.20. The molecule has 84 valence electrons. The quantitative estimate of drug-likeness (QED) is 0.469. The fourth-order valence-electron chi connectivity index (χ4n) is 1.60. The molecule has 0 heterocycles. The van der Waals surface area contributed by atoms with E-state index in [0.29, 0.717) is 0 Å². The molecule has 1 rings (SSSR count). The van der Waals surface area contributed by atoms with Gasteiger partial charge in [-0.25, -0.2) is 0 Å². The number of halogens is 2. The highest BCUT2D eigenvalue weighted by Crippen LogP contribution is 2.42. The van der Waals surface area contributed by atoms with Gasteiger partial charge in [0.2, 0.25) is 0 Å². The first-order valence-corrected chi connectivity index (χ1v) is 7.19. The van der Waals surface area contributed by atoms with E-state index in [1.807, 2.05) is 0 Å². The fraction of sp³-hybridized carbons (Fsp3) is 0.538. The Kier molecular flexibility index (Phi) is 5.91. The SMILES string of the molecule is CCCCCCC(Br)(Br)c1ccccc1. The Bertz CT molecular complexity index is 267. The van der Waals surface area contributed by atoms with Gasteiger partial charge in [0, 0.05) is 0 Å². The molecular formula is C13H18Br2. The zero-order valence-corrected chi connectivity index (χ0v) is 12.4. The maximum Gasteiger partial charge on any atom is 0.105 e. The second-order valence-corrected chi connectivity index (χ2v) is 7.65. The molecule has 0 bridgehead atoms. The lowest BCUT2D eigenvalue weighted by atomic mass is 10.1. The van der Waals surface area contributed by atoms with Crippen molar-refractivity contribution in [1.29, 1.82) is 0 Å². The third-order valence-electron chi connectivity index (χ3n) is 2.54. The molecule has 0 aliphatic carbocycles. The van der Waals surface area contributed by atoms with Gasteiger partial charge >= 0.3 is 0 Å². The standard InChI is InChI=1S/C13H18Br2/c1-2-3-4-8-11-13(14,15)12-9-6-5-7-10-12/h5-7,9-10H,2-4,8,11H2,1H3. The van der Waals surface area contributed by atoms with Crippen LogP contribution in [0.15, 0.2) is 30.3 Å². The summed E-state index contributed by atoms with van der Waals surface area (Å²) in [6, 6.07) is 10.5. The van der Waals surface area contributed by atoms with E-state index in [0.717, 1.165) is 6.42 Å². The molecule has 0 unspecified atom stereocenters. The first-order chi connectivity index (χ1) is 7.17. The highest BCUT2D eigenvalue weighted by molar-refractivity contribution is 9.24. The van der Waals surface area contributed by atoms with E-state index in [-0.39, 0.29) is 3.23 Å². The second-order valence-electron chi connectivity index (χ2n) is 3.88. The van der Waals surface area contributed by atoms with Crippen molar-refractivity contribution >= 4 is 31.9 Å². The maximum absolute atomic E-state index is 3.76. The van der Waals surface area contributed by atoms with Gasteiger partial charge in [-0.1, -0.05) is 94.8 Å². The fourth-order valence-corrected chi connectivity index (χ4v) is 2.69. The zero-order valence-electron chi connectivity index (χ0n) is 9.18. The molecule has 0 fully saturated rings. The third-order valence-corrected chi connectivity index (χ3v) is 4.25. The summed E-state index contributed by atoms with van der Waals surface area (Å²) in [5.74, 6) is 0. The van der Waals surface area contributed by atoms with Gasteiger partial charge in [0.15, 0.2) is 0 Å². The molecule has 0 spiro atoms. The molecule has 0 radical (unpaired) electrons. The third kappa shape index (κ3) is 4.69. The first-order valence-electron chi connectivity index (χ1n) is 5.60. The Balaban J connectivity index is 2.45. The van der Waals surface area contributed by atoms with Gasteiger partial charge in [0.05, 0.1) is 0 Å². The highest BCUT2D eigenvalue weighted by atomic mass is 79.9. The summed E-state index contributed by atoms with van der Waals surface area (Å²) in [5, 5.41) is 0. The number of hydrogen-bond acceptors (Lipinski definition) is 0. The number of unbranched alkanes of at least 4 members (excludes halogenated alkanes) is 3. The lowest BCUT2D eigenvalue weighted by Crippen LogP contribution is -2.08. The van der Waals surface area contributed by atoms with Crippen LogP contribution in [0.4, 0.5) is 0 Å². The van der Waals surface area contributed by atoms with Gasteiger partial charge < -0.3 is 0 Å². The summed E-state index contributed by atoms with van der Waals surface area (Å²) in [6.07, 6.45) is 6.35. The second kappa shape index (κ2) is 6.70. The van der Waals surface area contributed by atoms with Gasteiger partial charge in [-0.2, -0.15) is 0 Å². The largest absolute Gasteiger partial charge is 0.105 e. The van der Waals surface area contributed by atoms with Crippen LogP contribution in [0, 0.1) is 0 Å². The Hall–Kier alpha value is 0.180. The van der Waals surface area contributed by atoms with E-state index in [1.165, 1.54) is 31.2 Å². The molecule has 0 nitrogen and oxygen atoms in total. The molecule has 15 heavy (non-hydrogen) atoms. The molecule has 0 amide bonds. The van der Waals surface area contributed by atoms with Crippen molar-refractivity contribution in [3.05, 3.63) is 35.9 Å². The van der Waals surface area contributed by atoms with E-state index in [4.69, 9.17) is 0 Å². The zero-order chi connectivity index (χ0) is 11.1. The number of benzene rings is 1. The topological polar surface area (TPSA) is 0 Å². The molecule has 1 aromatic rings. The van der Waals surface area contributed by atoms with Crippen LogP contribution in [0.5, 0.6) is 0 Å². The van der Waals surface area contributed by atoms with E-state index < -0.39 is 0 Å². The minimum atomic E-state index is -0.0327. The van der Waals surface area contributed by atoms with Crippen molar-refractivity contribution in [2.24, 2.45) is 0 Å². The van der Waals surface area contributed by atoms with Gasteiger partial charge in [-0.3, -0.25) is 0 Å². The molecule has 0 saturated carbocycles. The molecular weight excluding hydrogens is 316 g/mol. The minimum Gasteiger partial charge on any atom is -0.0674 e. The van der Waals surface area contributed by atoms with Crippen molar-refractivity contribution < 1.29 is 0 Å². The predicted molar refractivity (Wildman–Crippen MR) is 74.7 cm³/mol. The van der Waals surface area contributed by atoms with Crippen LogP contribution in [0.2, 0.25) is 0 Å². The van der Waals surface area contributed by atoms with Crippen LogP contribution in [-0.2, 0) is 3.23 Å². The summed E-state index contributed by atoms with van der Waals surface area (Å²) < 4.78 is -0.0327. The normalized spacial score (nSPS) is 11.7. The lowest BCUT2D eigenvalue weighted by molar-refractivity contribution is 0.618. The van der Waals surface area contributed by atoms with Crippen molar-refractivity contribution in [2.75, 3.05) is 0 Å². The molecule has 0 saturated heterocycles. The number of hydrogen-bond donors (Lipinski definition) is 0. The van der Waals surface area contributed by atoms with E-state index in [9.17, 15) is 0 Å². The van der Waals surface area contributed by atoms with Crippen LogP contribution in [0.3, 0.4) is 0 Å². The monoisotopic (exact) mass is 332 g/mol. The Labute approximate surface area is 110 Å². The molecule has 0 atom stereocenters. The molecule has 0 N–H and O–H groups in total. The number of rotatable bonds is 6. The van der Waals surface area contributed by atoms with Gasteiger partial charge in [0.25, 0.3) is 0 Å². The van der Waals surface area contributed by atoms with Crippen molar-refractivity contribution in [1.82, 2.24) is 0 Å².